The Balaban J connectivity index is 3.43. The number of methoxy groups -OCH3 is 3. The maximum atomic E-state index is 11.8. The molecule has 0 aromatic carbocycles. The number of rotatable bonds is 12. The quantitative estimate of drug-likeness (QED) is 0.391. The third-order valence-electron chi connectivity index (χ3n) is 3.05. The molecule has 0 aliphatic rings. The summed E-state index contributed by atoms with van der Waals surface area (Å²) in [4.78, 5) is 0. The molecule has 0 heterocycles. The van der Waals surface area contributed by atoms with E-state index in [4.69, 9.17) is 14.2 Å². The molecule has 104 valence electrons. The van der Waals surface area contributed by atoms with E-state index >= 15 is 0 Å². The van der Waals surface area contributed by atoms with Crippen molar-refractivity contribution >= 4 is 0 Å². The Morgan fingerprint density at radius 3 is 1.53 bits per heavy atom. The van der Waals surface area contributed by atoms with Crippen LogP contribution in [-0.4, -0.2) is 34.0 Å². The molecule has 0 atom stereocenters. The number of ether oxygens (including phenoxy) is 3. The Kier molecular flexibility index (Phi) is 10.8. The minimum Gasteiger partial charge on any atom is -0.331 e. The van der Waals surface area contributed by atoms with Crippen LogP contribution in [0.4, 0.5) is 4.39 Å². The molecule has 0 radical (unpaired) electrons. The van der Waals surface area contributed by atoms with Crippen molar-refractivity contribution in [1.29, 1.82) is 0 Å². The highest BCUT2D eigenvalue weighted by molar-refractivity contribution is 4.56. The van der Waals surface area contributed by atoms with E-state index in [-0.39, 0.29) is 6.67 Å². The normalized spacial score (nSPS) is 12.0. The van der Waals surface area contributed by atoms with Gasteiger partial charge in [0.2, 0.25) is 0 Å². The summed E-state index contributed by atoms with van der Waals surface area (Å²) in [6, 6.07) is 0. The van der Waals surface area contributed by atoms with Crippen molar-refractivity contribution in [3.05, 3.63) is 0 Å². The van der Waals surface area contributed by atoms with Crippen LogP contribution >= 0.6 is 0 Å². The van der Waals surface area contributed by atoms with E-state index in [0.29, 0.717) is 6.42 Å². The van der Waals surface area contributed by atoms with E-state index in [0.717, 1.165) is 32.1 Å². The summed E-state index contributed by atoms with van der Waals surface area (Å²) in [5.41, 5.74) is 0. The fourth-order valence-corrected chi connectivity index (χ4v) is 1.88. The van der Waals surface area contributed by atoms with Crippen LogP contribution < -0.4 is 0 Å². The number of hydrogen-bond donors (Lipinski definition) is 0. The second-order valence-corrected chi connectivity index (χ2v) is 4.21. The van der Waals surface area contributed by atoms with Crippen LogP contribution in [0.2, 0.25) is 0 Å². The van der Waals surface area contributed by atoms with Crippen LogP contribution in [0.1, 0.15) is 51.4 Å². The van der Waals surface area contributed by atoms with E-state index < -0.39 is 5.97 Å². The molecule has 0 aliphatic carbocycles. The van der Waals surface area contributed by atoms with Crippen molar-refractivity contribution in [2.24, 2.45) is 0 Å². The summed E-state index contributed by atoms with van der Waals surface area (Å²) in [7, 11) is 4.76. The van der Waals surface area contributed by atoms with Gasteiger partial charge in [0, 0.05) is 27.8 Å². The SMILES string of the molecule is COC(CCCCCCCCCF)(OC)OC. The van der Waals surface area contributed by atoms with Crippen LogP contribution in [0.25, 0.3) is 0 Å². The summed E-state index contributed by atoms with van der Waals surface area (Å²) in [5.74, 6) is -0.881. The first-order valence-electron chi connectivity index (χ1n) is 6.46. The molecule has 0 aromatic rings. The van der Waals surface area contributed by atoms with Gasteiger partial charge in [-0.15, -0.1) is 0 Å². The number of hydrogen-bond acceptors (Lipinski definition) is 3. The summed E-state index contributed by atoms with van der Waals surface area (Å²) in [5, 5.41) is 0. The zero-order chi connectivity index (χ0) is 13.0. The highest BCUT2D eigenvalue weighted by Crippen LogP contribution is 2.21. The Hall–Kier alpha value is -0.190. The first kappa shape index (κ1) is 16.8. The lowest BCUT2D eigenvalue weighted by Gasteiger charge is -2.28. The van der Waals surface area contributed by atoms with E-state index in [1.54, 1.807) is 21.3 Å². The molecule has 4 heteroatoms. The minimum absolute atomic E-state index is 0.183. The lowest BCUT2D eigenvalue weighted by atomic mass is 10.1. The zero-order valence-corrected chi connectivity index (χ0v) is 11.5. The summed E-state index contributed by atoms with van der Waals surface area (Å²) < 4.78 is 27.5. The van der Waals surface area contributed by atoms with Crippen LogP contribution in [0.3, 0.4) is 0 Å². The lowest BCUT2D eigenvalue weighted by molar-refractivity contribution is -0.355. The largest absolute Gasteiger partial charge is 0.331 e. The standard InChI is InChI=1S/C13H27FO3/c1-15-13(16-2,17-3)11-9-7-5-4-6-8-10-12-14/h4-12H2,1-3H3. The molecule has 0 spiro atoms. The molecule has 0 unspecified atom stereocenters. The van der Waals surface area contributed by atoms with E-state index in [1.807, 2.05) is 0 Å². The molecule has 0 N–H and O–H groups in total. The van der Waals surface area contributed by atoms with Gasteiger partial charge in [0.05, 0.1) is 6.67 Å². The van der Waals surface area contributed by atoms with Crippen molar-refractivity contribution < 1.29 is 18.6 Å². The molecule has 3 nitrogen and oxygen atoms in total. The van der Waals surface area contributed by atoms with Gasteiger partial charge in [-0.3, -0.25) is 4.39 Å². The summed E-state index contributed by atoms with van der Waals surface area (Å²) >= 11 is 0. The van der Waals surface area contributed by atoms with Gasteiger partial charge in [-0.25, -0.2) is 0 Å². The molecule has 0 amide bonds. The van der Waals surface area contributed by atoms with Crippen molar-refractivity contribution in [3.63, 3.8) is 0 Å². The second kappa shape index (κ2) is 10.9. The Labute approximate surface area is 105 Å². The number of alkyl halides is 1. The predicted octanol–water partition coefficient (Wildman–Crippen LogP) is 3.67. The Morgan fingerprint density at radius 2 is 1.12 bits per heavy atom. The lowest BCUT2D eigenvalue weighted by Crippen LogP contribution is -2.35. The molecule has 0 fully saturated rings. The number of unbranched alkanes of at least 4 members (excludes halogenated alkanes) is 6. The van der Waals surface area contributed by atoms with Gasteiger partial charge in [0.15, 0.2) is 0 Å². The third-order valence-corrected chi connectivity index (χ3v) is 3.05. The van der Waals surface area contributed by atoms with Crippen molar-refractivity contribution in [2.45, 2.75) is 57.3 Å². The van der Waals surface area contributed by atoms with Crippen molar-refractivity contribution in [2.75, 3.05) is 28.0 Å². The van der Waals surface area contributed by atoms with Crippen LogP contribution in [-0.2, 0) is 14.2 Å². The predicted molar refractivity (Wildman–Crippen MR) is 66.7 cm³/mol. The van der Waals surface area contributed by atoms with Crippen molar-refractivity contribution in [3.8, 4) is 0 Å². The molecular weight excluding hydrogens is 223 g/mol. The van der Waals surface area contributed by atoms with E-state index in [9.17, 15) is 4.39 Å². The molecule has 17 heavy (non-hydrogen) atoms. The smallest absolute Gasteiger partial charge is 0.282 e. The highest BCUT2D eigenvalue weighted by Gasteiger charge is 2.28. The monoisotopic (exact) mass is 250 g/mol. The van der Waals surface area contributed by atoms with Gasteiger partial charge < -0.3 is 14.2 Å². The first-order chi connectivity index (χ1) is 8.24. The second-order valence-electron chi connectivity index (χ2n) is 4.21. The highest BCUT2D eigenvalue weighted by atomic mass is 19.1. The number of halogens is 1. The molecule has 0 aromatic heterocycles. The van der Waals surface area contributed by atoms with Gasteiger partial charge in [0.1, 0.15) is 0 Å². The van der Waals surface area contributed by atoms with Crippen molar-refractivity contribution in [1.82, 2.24) is 0 Å². The van der Waals surface area contributed by atoms with E-state index in [2.05, 4.69) is 0 Å². The topological polar surface area (TPSA) is 27.7 Å². The van der Waals surface area contributed by atoms with Gasteiger partial charge in [-0.05, 0) is 12.8 Å². The third kappa shape index (κ3) is 7.68. The van der Waals surface area contributed by atoms with Crippen LogP contribution in [0.5, 0.6) is 0 Å². The minimum atomic E-state index is -0.881. The molecule has 0 aliphatic heterocycles. The summed E-state index contributed by atoms with van der Waals surface area (Å²) in [6.07, 6.45) is 8.09. The fraction of sp³-hybridized carbons (Fsp3) is 1.00. The molecule has 0 saturated carbocycles. The Bertz CT molecular complexity index is 152. The van der Waals surface area contributed by atoms with Crippen LogP contribution in [0, 0.1) is 0 Å². The van der Waals surface area contributed by atoms with Gasteiger partial charge in [0.25, 0.3) is 5.97 Å². The maximum Gasteiger partial charge on any atom is 0.282 e. The molecule has 0 rings (SSSR count). The summed E-state index contributed by atoms with van der Waals surface area (Å²) in [6.45, 7) is -0.183. The average molecular weight is 250 g/mol. The molecular formula is C13H27FO3. The van der Waals surface area contributed by atoms with E-state index in [1.165, 1.54) is 12.8 Å². The molecule has 0 saturated heterocycles. The van der Waals surface area contributed by atoms with Crippen LogP contribution in [0.15, 0.2) is 0 Å². The first-order valence-corrected chi connectivity index (χ1v) is 6.46. The average Bonchev–Trinajstić information content (AvgIpc) is 2.38. The maximum absolute atomic E-state index is 11.8. The van der Waals surface area contributed by atoms with Gasteiger partial charge in [-0.1, -0.05) is 32.1 Å². The zero-order valence-electron chi connectivity index (χ0n) is 11.5. The fourth-order valence-electron chi connectivity index (χ4n) is 1.88. The Morgan fingerprint density at radius 1 is 0.706 bits per heavy atom. The van der Waals surface area contributed by atoms with Gasteiger partial charge >= 0.3 is 0 Å². The molecule has 0 bridgehead atoms. The van der Waals surface area contributed by atoms with Gasteiger partial charge in [-0.2, -0.15) is 0 Å².